The molecular formula is C13H16N2O2S. The molecule has 0 unspecified atom stereocenters. The number of thioether (sulfide) groups is 1. The molecule has 0 aliphatic carbocycles. The van der Waals surface area contributed by atoms with Gasteiger partial charge in [0.1, 0.15) is 16.7 Å². The lowest BCUT2D eigenvalue weighted by atomic mass is 10.2. The quantitative estimate of drug-likeness (QED) is 0.620. The highest BCUT2D eigenvalue weighted by Crippen LogP contribution is 2.21. The Morgan fingerprint density at radius 2 is 2.17 bits per heavy atom. The van der Waals surface area contributed by atoms with Gasteiger partial charge in [-0.2, -0.15) is 5.26 Å². The number of carbonyl (C=O) groups is 1. The zero-order valence-corrected chi connectivity index (χ0v) is 11.8. The third kappa shape index (κ3) is 4.76. The van der Waals surface area contributed by atoms with Crippen molar-refractivity contribution in [2.24, 2.45) is 0 Å². The number of aryl methyl sites for hydroxylation is 1. The van der Waals surface area contributed by atoms with Crippen LogP contribution < -0.4 is 0 Å². The number of pyridine rings is 1. The summed E-state index contributed by atoms with van der Waals surface area (Å²) in [5.41, 5.74) is 0.810. The molecular weight excluding hydrogens is 248 g/mol. The predicted molar refractivity (Wildman–Crippen MR) is 70.3 cm³/mol. The van der Waals surface area contributed by atoms with E-state index in [0.29, 0.717) is 10.6 Å². The molecule has 18 heavy (non-hydrogen) atoms. The Morgan fingerprint density at radius 1 is 1.50 bits per heavy atom. The second kappa shape index (κ2) is 5.87. The van der Waals surface area contributed by atoms with E-state index in [2.05, 4.69) is 11.1 Å². The van der Waals surface area contributed by atoms with Gasteiger partial charge in [-0.3, -0.25) is 4.79 Å². The molecule has 5 heteroatoms. The predicted octanol–water partition coefficient (Wildman–Crippen LogP) is 2.70. The van der Waals surface area contributed by atoms with E-state index in [0.717, 1.165) is 5.69 Å². The molecule has 0 saturated carbocycles. The van der Waals surface area contributed by atoms with Crippen molar-refractivity contribution in [1.82, 2.24) is 4.98 Å². The third-order valence-corrected chi connectivity index (χ3v) is 2.83. The van der Waals surface area contributed by atoms with Crippen LogP contribution in [-0.2, 0) is 9.53 Å². The fourth-order valence-corrected chi connectivity index (χ4v) is 2.02. The fraction of sp³-hybridized carbons (Fsp3) is 0.462. The summed E-state index contributed by atoms with van der Waals surface area (Å²) in [6.07, 6.45) is 0. The summed E-state index contributed by atoms with van der Waals surface area (Å²) < 4.78 is 5.19. The van der Waals surface area contributed by atoms with Crippen LogP contribution >= 0.6 is 11.8 Å². The Morgan fingerprint density at radius 3 is 2.72 bits per heavy atom. The molecule has 0 atom stereocenters. The second-order valence-corrected chi connectivity index (χ2v) is 5.76. The highest BCUT2D eigenvalue weighted by atomic mass is 32.2. The molecule has 1 rings (SSSR count). The molecule has 96 valence electrons. The molecule has 0 aromatic carbocycles. The first kappa shape index (κ1) is 14.5. The van der Waals surface area contributed by atoms with Gasteiger partial charge in [-0.05, 0) is 39.8 Å². The van der Waals surface area contributed by atoms with Crippen LogP contribution in [0.15, 0.2) is 17.2 Å². The van der Waals surface area contributed by atoms with Gasteiger partial charge in [0.25, 0.3) is 0 Å². The average Bonchev–Trinajstić information content (AvgIpc) is 2.24. The number of nitriles is 1. The maximum absolute atomic E-state index is 11.6. The Kier molecular flexibility index (Phi) is 4.74. The standard InChI is InChI=1S/C13H16N2O2S/c1-9-5-6-10(7-14)12(15-9)18-8-11(16)17-13(2,3)4/h5-6H,8H2,1-4H3. The number of rotatable bonds is 3. The SMILES string of the molecule is Cc1ccc(C#N)c(SCC(=O)OC(C)(C)C)n1. The first-order valence-corrected chi connectivity index (χ1v) is 6.53. The van der Waals surface area contributed by atoms with E-state index in [9.17, 15) is 4.79 Å². The maximum Gasteiger partial charge on any atom is 0.316 e. The monoisotopic (exact) mass is 264 g/mol. The Labute approximate surface area is 111 Å². The molecule has 1 heterocycles. The van der Waals surface area contributed by atoms with Gasteiger partial charge in [-0.25, -0.2) is 4.98 Å². The first-order chi connectivity index (χ1) is 8.31. The minimum atomic E-state index is -0.490. The number of carbonyl (C=O) groups excluding carboxylic acids is 1. The van der Waals surface area contributed by atoms with Crippen molar-refractivity contribution in [1.29, 1.82) is 5.26 Å². The normalized spacial score (nSPS) is 10.8. The lowest BCUT2D eigenvalue weighted by molar-refractivity contribution is -0.151. The summed E-state index contributed by atoms with van der Waals surface area (Å²) in [4.78, 5) is 15.8. The van der Waals surface area contributed by atoms with E-state index >= 15 is 0 Å². The Bertz CT molecular complexity index is 487. The summed E-state index contributed by atoms with van der Waals surface area (Å²) >= 11 is 1.23. The van der Waals surface area contributed by atoms with Gasteiger partial charge in [0.05, 0.1) is 11.3 Å². The van der Waals surface area contributed by atoms with Gasteiger partial charge in [0, 0.05) is 5.69 Å². The fourth-order valence-electron chi connectivity index (χ4n) is 1.23. The number of aromatic nitrogens is 1. The molecule has 0 aliphatic heterocycles. The summed E-state index contributed by atoms with van der Waals surface area (Å²) in [5.74, 6) is -0.151. The smallest absolute Gasteiger partial charge is 0.316 e. The molecule has 0 saturated heterocycles. The van der Waals surface area contributed by atoms with E-state index in [1.54, 1.807) is 12.1 Å². The zero-order chi connectivity index (χ0) is 13.8. The first-order valence-electron chi connectivity index (χ1n) is 5.54. The van der Waals surface area contributed by atoms with Crippen LogP contribution in [0.2, 0.25) is 0 Å². The molecule has 0 amide bonds. The van der Waals surface area contributed by atoms with Crippen LogP contribution in [-0.4, -0.2) is 22.3 Å². The van der Waals surface area contributed by atoms with Gasteiger partial charge in [-0.15, -0.1) is 0 Å². The van der Waals surface area contributed by atoms with E-state index < -0.39 is 5.60 Å². The number of nitrogens with zero attached hydrogens (tertiary/aromatic N) is 2. The van der Waals surface area contributed by atoms with Crippen LogP contribution in [0.1, 0.15) is 32.0 Å². The lowest BCUT2D eigenvalue weighted by Gasteiger charge is -2.19. The van der Waals surface area contributed by atoms with Crippen LogP contribution in [0.5, 0.6) is 0 Å². The molecule has 1 aromatic rings. The van der Waals surface area contributed by atoms with Crippen LogP contribution in [0.4, 0.5) is 0 Å². The van der Waals surface area contributed by atoms with E-state index in [1.165, 1.54) is 11.8 Å². The van der Waals surface area contributed by atoms with Crippen molar-refractivity contribution in [2.45, 2.75) is 38.3 Å². The average molecular weight is 264 g/mol. The Balaban J connectivity index is 2.67. The van der Waals surface area contributed by atoms with Gasteiger partial charge in [-0.1, -0.05) is 11.8 Å². The topological polar surface area (TPSA) is 63.0 Å². The lowest BCUT2D eigenvalue weighted by Crippen LogP contribution is -2.24. The molecule has 0 N–H and O–H groups in total. The molecule has 0 aliphatic rings. The number of ether oxygens (including phenoxy) is 1. The minimum absolute atomic E-state index is 0.155. The number of hydrogen-bond donors (Lipinski definition) is 0. The second-order valence-electron chi connectivity index (χ2n) is 4.79. The van der Waals surface area contributed by atoms with Gasteiger partial charge < -0.3 is 4.74 Å². The van der Waals surface area contributed by atoms with Gasteiger partial charge in [0.2, 0.25) is 0 Å². The molecule has 0 spiro atoms. The third-order valence-electron chi connectivity index (χ3n) is 1.87. The van der Waals surface area contributed by atoms with Crippen LogP contribution in [0.25, 0.3) is 0 Å². The van der Waals surface area contributed by atoms with Crippen molar-refractivity contribution in [3.63, 3.8) is 0 Å². The summed E-state index contributed by atoms with van der Waals surface area (Å²) in [6, 6.07) is 5.54. The molecule has 0 bridgehead atoms. The van der Waals surface area contributed by atoms with Crippen molar-refractivity contribution in [3.05, 3.63) is 23.4 Å². The molecule has 4 nitrogen and oxygen atoms in total. The Hall–Kier alpha value is -1.54. The van der Waals surface area contributed by atoms with Crippen molar-refractivity contribution >= 4 is 17.7 Å². The van der Waals surface area contributed by atoms with E-state index in [-0.39, 0.29) is 11.7 Å². The van der Waals surface area contributed by atoms with Crippen LogP contribution in [0, 0.1) is 18.3 Å². The highest BCUT2D eigenvalue weighted by Gasteiger charge is 2.17. The summed E-state index contributed by atoms with van der Waals surface area (Å²) in [7, 11) is 0. The number of hydrogen-bond acceptors (Lipinski definition) is 5. The zero-order valence-electron chi connectivity index (χ0n) is 11.0. The number of esters is 1. The van der Waals surface area contributed by atoms with E-state index in [4.69, 9.17) is 10.00 Å². The molecule has 1 aromatic heterocycles. The van der Waals surface area contributed by atoms with Crippen molar-refractivity contribution in [2.75, 3.05) is 5.75 Å². The van der Waals surface area contributed by atoms with E-state index in [1.807, 2.05) is 27.7 Å². The highest BCUT2D eigenvalue weighted by molar-refractivity contribution is 7.99. The van der Waals surface area contributed by atoms with Gasteiger partial charge in [0.15, 0.2) is 0 Å². The summed E-state index contributed by atoms with van der Waals surface area (Å²) in [6.45, 7) is 7.31. The van der Waals surface area contributed by atoms with Crippen molar-refractivity contribution < 1.29 is 9.53 Å². The largest absolute Gasteiger partial charge is 0.459 e. The molecule has 0 radical (unpaired) electrons. The van der Waals surface area contributed by atoms with Crippen LogP contribution in [0.3, 0.4) is 0 Å². The van der Waals surface area contributed by atoms with Gasteiger partial charge >= 0.3 is 5.97 Å². The van der Waals surface area contributed by atoms with Crippen molar-refractivity contribution in [3.8, 4) is 6.07 Å². The minimum Gasteiger partial charge on any atom is -0.459 e. The summed E-state index contributed by atoms with van der Waals surface area (Å²) in [5, 5.41) is 9.51. The maximum atomic E-state index is 11.6. The molecule has 0 fully saturated rings.